The lowest BCUT2D eigenvalue weighted by atomic mass is 10.1. The molecule has 0 spiro atoms. The first-order valence-electron chi connectivity index (χ1n) is 8.65. The second-order valence-electron chi connectivity index (χ2n) is 7.58. The lowest BCUT2D eigenvalue weighted by Gasteiger charge is -2.20. The number of hydrogen-bond donors (Lipinski definition) is 1. The summed E-state index contributed by atoms with van der Waals surface area (Å²) in [5.74, 6) is 0.663. The second-order valence-corrected chi connectivity index (χ2v) is 8.57. The van der Waals surface area contributed by atoms with Crippen molar-refractivity contribution in [2.75, 3.05) is 5.75 Å². The molecule has 0 saturated heterocycles. The van der Waals surface area contributed by atoms with Crippen LogP contribution in [0.1, 0.15) is 53.5 Å². The van der Waals surface area contributed by atoms with Gasteiger partial charge in [-0.25, -0.2) is 9.67 Å². The standard InChI is InChI=1S/C17H25N5O2S/c1-6-10(2)19-13(23)7-11-9-25-16-20-14-12(15(24)21(11)16)8-18-22(14)17(3,4)5/h8,10-11H,6-7,9H2,1-5H3,(H,19,23). The van der Waals surface area contributed by atoms with Crippen molar-refractivity contribution in [3.63, 3.8) is 0 Å². The van der Waals surface area contributed by atoms with E-state index in [0.717, 1.165) is 6.42 Å². The van der Waals surface area contributed by atoms with Gasteiger partial charge in [0.2, 0.25) is 5.91 Å². The molecule has 0 saturated carbocycles. The summed E-state index contributed by atoms with van der Waals surface area (Å²) >= 11 is 1.53. The number of thioether (sulfide) groups is 1. The van der Waals surface area contributed by atoms with Gasteiger partial charge in [0.15, 0.2) is 10.8 Å². The van der Waals surface area contributed by atoms with Gasteiger partial charge in [0.05, 0.1) is 17.8 Å². The van der Waals surface area contributed by atoms with Crippen LogP contribution in [0.15, 0.2) is 16.1 Å². The van der Waals surface area contributed by atoms with Gasteiger partial charge in [-0.2, -0.15) is 5.10 Å². The molecular formula is C17H25N5O2S. The van der Waals surface area contributed by atoms with Crippen molar-refractivity contribution in [1.82, 2.24) is 24.6 Å². The summed E-state index contributed by atoms with van der Waals surface area (Å²) in [5, 5.41) is 8.50. The fourth-order valence-electron chi connectivity index (χ4n) is 2.92. The summed E-state index contributed by atoms with van der Waals surface area (Å²) in [7, 11) is 0. The molecule has 3 heterocycles. The first-order valence-corrected chi connectivity index (χ1v) is 9.63. The highest BCUT2D eigenvalue weighted by atomic mass is 32.2. The van der Waals surface area contributed by atoms with Crippen LogP contribution in [-0.4, -0.2) is 37.0 Å². The Balaban J connectivity index is 1.95. The topological polar surface area (TPSA) is 81.8 Å². The Labute approximate surface area is 151 Å². The molecule has 2 aromatic rings. The van der Waals surface area contributed by atoms with E-state index in [1.165, 1.54) is 11.8 Å². The van der Waals surface area contributed by atoms with E-state index < -0.39 is 0 Å². The Bertz CT molecular complexity index is 864. The number of nitrogens with zero attached hydrogens (tertiary/aromatic N) is 4. The molecule has 3 rings (SSSR count). The van der Waals surface area contributed by atoms with E-state index in [-0.39, 0.29) is 29.1 Å². The summed E-state index contributed by atoms with van der Waals surface area (Å²) in [4.78, 5) is 29.8. The van der Waals surface area contributed by atoms with Crippen molar-refractivity contribution in [1.29, 1.82) is 0 Å². The van der Waals surface area contributed by atoms with Gasteiger partial charge in [0.25, 0.3) is 5.56 Å². The van der Waals surface area contributed by atoms with Crippen molar-refractivity contribution >= 4 is 28.7 Å². The number of aromatic nitrogens is 4. The highest BCUT2D eigenvalue weighted by Gasteiger charge is 2.30. The van der Waals surface area contributed by atoms with Gasteiger partial charge in [-0.1, -0.05) is 18.7 Å². The molecule has 2 atom stereocenters. The molecule has 8 heteroatoms. The molecule has 0 radical (unpaired) electrons. The molecule has 0 aromatic carbocycles. The molecule has 1 N–H and O–H groups in total. The van der Waals surface area contributed by atoms with Gasteiger partial charge >= 0.3 is 0 Å². The largest absolute Gasteiger partial charge is 0.354 e. The van der Waals surface area contributed by atoms with Crippen LogP contribution in [-0.2, 0) is 10.3 Å². The average molecular weight is 363 g/mol. The van der Waals surface area contributed by atoms with Crippen LogP contribution in [0.3, 0.4) is 0 Å². The molecule has 7 nitrogen and oxygen atoms in total. The Kier molecular flexibility index (Phi) is 4.66. The molecular weight excluding hydrogens is 338 g/mol. The molecule has 25 heavy (non-hydrogen) atoms. The minimum absolute atomic E-state index is 0.0230. The third-order valence-corrected chi connectivity index (χ3v) is 5.54. The third-order valence-electron chi connectivity index (χ3n) is 4.45. The number of rotatable bonds is 4. The zero-order valence-corrected chi connectivity index (χ0v) is 16.2. The van der Waals surface area contributed by atoms with Gasteiger partial charge in [0.1, 0.15) is 5.39 Å². The number of fused-ring (bicyclic) bond motifs is 2. The highest BCUT2D eigenvalue weighted by Crippen LogP contribution is 2.33. The zero-order valence-electron chi connectivity index (χ0n) is 15.4. The van der Waals surface area contributed by atoms with E-state index in [1.807, 2.05) is 34.6 Å². The average Bonchev–Trinajstić information content (AvgIpc) is 3.11. The summed E-state index contributed by atoms with van der Waals surface area (Å²) in [6.45, 7) is 10.1. The predicted molar refractivity (Wildman–Crippen MR) is 99.1 cm³/mol. The molecule has 0 aliphatic carbocycles. The van der Waals surface area contributed by atoms with Gasteiger partial charge in [0, 0.05) is 18.2 Å². The van der Waals surface area contributed by atoms with Crippen molar-refractivity contribution in [2.45, 2.75) is 70.2 Å². The van der Waals surface area contributed by atoms with Crippen molar-refractivity contribution in [3.05, 3.63) is 16.6 Å². The maximum absolute atomic E-state index is 13.0. The van der Waals surface area contributed by atoms with Crippen LogP contribution in [0.5, 0.6) is 0 Å². The first kappa shape index (κ1) is 18.0. The minimum Gasteiger partial charge on any atom is -0.354 e. The lowest BCUT2D eigenvalue weighted by Crippen LogP contribution is -2.35. The summed E-state index contributed by atoms with van der Waals surface area (Å²) in [6.07, 6.45) is 2.77. The maximum atomic E-state index is 13.0. The summed E-state index contributed by atoms with van der Waals surface area (Å²) in [6, 6.07) is -0.0187. The van der Waals surface area contributed by atoms with Crippen LogP contribution in [0, 0.1) is 0 Å². The van der Waals surface area contributed by atoms with Crippen LogP contribution in [0.4, 0.5) is 0 Å². The highest BCUT2D eigenvalue weighted by molar-refractivity contribution is 7.99. The lowest BCUT2D eigenvalue weighted by molar-refractivity contribution is -0.122. The number of carbonyl (C=O) groups excluding carboxylic acids is 1. The van der Waals surface area contributed by atoms with E-state index in [0.29, 0.717) is 28.4 Å². The van der Waals surface area contributed by atoms with E-state index in [9.17, 15) is 9.59 Å². The normalized spacial score (nSPS) is 18.4. The molecule has 0 fully saturated rings. The summed E-state index contributed by atoms with van der Waals surface area (Å²) in [5.41, 5.74) is 0.252. The summed E-state index contributed by atoms with van der Waals surface area (Å²) < 4.78 is 3.45. The third kappa shape index (κ3) is 3.31. The molecule has 1 aliphatic heterocycles. The number of hydrogen-bond acceptors (Lipinski definition) is 5. The van der Waals surface area contributed by atoms with Crippen molar-refractivity contribution in [2.24, 2.45) is 0 Å². The van der Waals surface area contributed by atoms with Gasteiger partial charge < -0.3 is 5.32 Å². The molecule has 1 aliphatic rings. The second kappa shape index (κ2) is 6.48. The van der Waals surface area contributed by atoms with Crippen LogP contribution < -0.4 is 10.9 Å². The van der Waals surface area contributed by atoms with Gasteiger partial charge in [-0.3, -0.25) is 14.2 Å². The van der Waals surface area contributed by atoms with E-state index in [4.69, 9.17) is 0 Å². The number of carbonyl (C=O) groups is 1. The van der Waals surface area contributed by atoms with Crippen molar-refractivity contribution < 1.29 is 4.79 Å². The molecule has 1 amide bonds. The number of nitrogens with one attached hydrogen (secondary N) is 1. The van der Waals surface area contributed by atoms with Gasteiger partial charge in [-0.15, -0.1) is 0 Å². The minimum atomic E-state index is -0.251. The Morgan fingerprint density at radius 3 is 2.84 bits per heavy atom. The molecule has 0 bridgehead atoms. The quantitative estimate of drug-likeness (QED) is 0.843. The number of amides is 1. The van der Waals surface area contributed by atoms with Gasteiger partial charge in [-0.05, 0) is 34.1 Å². The van der Waals surface area contributed by atoms with Crippen LogP contribution in [0.2, 0.25) is 0 Å². The first-order chi connectivity index (χ1) is 11.7. The Morgan fingerprint density at radius 2 is 2.20 bits per heavy atom. The Hall–Kier alpha value is -1.83. The SMILES string of the molecule is CCC(C)NC(=O)CC1CSc2nc3c(cnn3C(C)(C)C)c(=O)n21. The molecule has 2 aromatic heterocycles. The fourth-order valence-corrected chi connectivity index (χ4v) is 4.05. The molecule has 136 valence electrons. The van der Waals surface area contributed by atoms with E-state index >= 15 is 0 Å². The smallest absolute Gasteiger partial charge is 0.265 e. The monoisotopic (exact) mass is 363 g/mol. The van der Waals surface area contributed by atoms with Crippen LogP contribution >= 0.6 is 11.8 Å². The predicted octanol–water partition coefficient (Wildman–Crippen LogP) is 2.30. The van der Waals surface area contributed by atoms with E-state index in [2.05, 4.69) is 15.4 Å². The van der Waals surface area contributed by atoms with Crippen molar-refractivity contribution in [3.8, 4) is 0 Å². The fraction of sp³-hybridized carbons (Fsp3) is 0.647. The van der Waals surface area contributed by atoms with E-state index in [1.54, 1.807) is 15.4 Å². The molecule has 2 unspecified atom stereocenters. The zero-order chi connectivity index (χ0) is 18.4. The van der Waals surface area contributed by atoms with Crippen LogP contribution in [0.25, 0.3) is 11.0 Å². The Morgan fingerprint density at radius 1 is 1.48 bits per heavy atom. The maximum Gasteiger partial charge on any atom is 0.265 e.